The first-order chi connectivity index (χ1) is 45.2. The van der Waals surface area contributed by atoms with Crippen molar-refractivity contribution in [3.05, 3.63) is 264 Å². The second-order valence-corrected chi connectivity index (χ2v) is 29.8. The van der Waals surface area contributed by atoms with Gasteiger partial charge in [0.2, 0.25) is 0 Å². The van der Waals surface area contributed by atoms with Gasteiger partial charge in [-0.1, -0.05) is 241 Å². The summed E-state index contributed by atoms with van der Waals surface area (Å²) in [6.45, 7) is 27.5. The monoisotopic (exact) mass is 1220 g/mol. The van der Waals surface area contributed by atoms with Gasteiger partial charge in [-0.25, -0.2) is 9.97 Å². The second kappa shape index (κ2) is 21.1. The van der Waals surface area contributed by atoms with Gasteiger partial charge in [-0.2, -0.15) is 5.26 Å². The van der Waals surface area contributed by atoms with Gasteiger partial charge in [0.25, 0.3) is 0 Å². The predicted molar refractivity (Wildman–Crippen MR) is 395 cm³/mol. The molecule has 0 bridgehead atoms. The third-order valence-corrected chi connectivity index (χ3v) is 19.6. The van der Waals surface area contributed by atoms with Crippen LogP contribution in [0.15, 0.2) is 237 Å². The molecule has 16 aromatic rings. The largest absolute Gasteiger partial charge is 0.306 e. The third kappa shape index (κ3) is 9.13. The summed E-state index contributed by atoms with van der Waals surface area (Å²) in [5, 5.41) is 22.2. The minimum absolute atomic E-state index is 0.156. The van der Waals surface area contributed by atoms with E-state index in [2.05, 4.69) is 332 Å². The molecule has 0 unspecified atom stereocenters. The number of nitrogens with zero attached hydrogens (tertiary/aromatic N) is 7. The average Bonchev–Trinajstić information content (AvgIpc) is 1.45. The van der Waals surface area contributed by atoms with E-state index < -0.39 is 0 Å². The maximum atomic E-state index is 13.4. The zero-order valence-corrected chi connectivity index (χ0v) is 55.6. The molecule has 5 aromatic heterocycles. The van der Waals surface area contributed by atoms with Crippen molar-refractivity contribution in [1.29, 1.82) is 5.26 Å². The molecule has 7 heteroatoms. The van der Waals surface area contributed by atoms with Crippen molar-refractivity contribution in [1.82, 2.24) is 28.2 Å². The van der Waals surface area contributed by atoms with Gasteiger partial charge < -0.3 is 18.3 Å². The van der Waals surface area contributed by atoms with Gasteiger partial charge in [0, 0.05) is 54.2 Å². The molecule has 0 N–H and O–H groups in total. The van der Waals surface area contributed by atoms with E-state index in [1.807, 2.05) is 12.1 Å². The van der Waals surface area contributed by atoms with Gasteiger partial charge in [-0.15, -0.1) is 0 Å². The molecular formula is C87H75N7. The molecule has 0 saturated carbocycles. The second-order valence-electron chi connectivity index (χ2n) is 29.8. The topological polar surface area (TPSA) is 69.3 Å². The minimum atomic E-state index is -0.162. The molecule has 0 amide bonds. The van der Waals surface area contributed by atoms with E-state index in [4.69, 9.17) is 9.97 Å². The summed E-state index contributed by atoms with van der Waals surface area (Å²) in [6.07, 6.45) is 0. The van der Waals surface area contributed by atoms with Gasteiger partial charge in [0.05, 0.1) is 89.4 Å². The summed E-state index contributed by atoms with van der Waals surface area (Å²) in [5.41, 5.74) is 19.7. The molecule has 11 aromatic carbocycles. The molecule has 0 fully saturated rings. The molecule has 5 heterocycles. The van der Waals surface area contributed by atoms with Crippen LogP contribution in [0.25, 0.3) is 144 Å². The van der Waals surface area contributed by atoms with Crippen LogP contribution in [0.1, 0.15) is 111 Å². The van der Waals surface area contributed by atoms with Crippen LogP contribution < -0.4 is 0 Å². The number of rotatable bonds is 7. The zero-order chi connectivity index (χ0) is 64.9. The molecule has 0 aliphatic rings. The van der Waals surface area contributed by atoms with Gasteiger partial charge in [-0.05, 0) is 123 Å². The third-order valence-electron chi connectivity index (χ3n) is 19.6. The van der Waals surface area contributed by atoms with E-state index in [1.165, 1.54) is 22.3 Å². The molecule has 458 valence electrons. The maximum Gasteiger partial charge on any atom is 0.164 e. The molecule has 0 aliphatic heterocycles. The van der Waals surface area contributed by atoms with Crippen LogP contribution in [-0.4, -0.2) is 28.2 Å². The number of fused-ring (bicyclic) bond motifs is 12. The molecule has 7 nitrogen and oxygen atoms in total. The van der Waals surface area contributed by atoms with Crippen molar-refractivity contribution >= 4 is 87.2 Å². The highest BCUT2D eigenvalue weighted by atomic mass is 15.1. The Morgan fingerprint density at radius 3 is 0.851 bits per heavy atom. The van der Waals surface area contributed by atoms with Gasteiger partial charge in [0.1, 0.15) is 6.07 Å². The van der Waals surface area contributed by atoms with Crippen molar-refractivity contribution in [2.45, 2.75) is 105 Å². The van der Waals surface area contributed by atoms with Crippen LogP contribution in [0.5, 0.6) is 0 Å². The number of benzene rings is 11. The van der Waals surface area contributed by atoms with E-state index in [0.29, 0.717) is 22.6 Å². The SMILES string of the molecule is CC(C)(C)c1ccc2c(c1)c1ccccc1n2-c1c(C#N)c(-c2nc(-c3ccccc3)cc(-c3ccccc3)n2)c(-n2c3ccccc3c3cc(C(C)(C)C)ccc32)c(-n2c3ccccc3c3cc(C(C)(C)C)ccc32)c1-n1c2ccccc2c2cc(C(C)(C)C)ccc21. The normalized spacial score (nSPS) is 12.7. The Kier molecular flexibility index (Phi) is 13.1. The summed E-state index contributed by atoms with van der Waals surface area (Å²) in [7, 11) is 0. The van der Waals surface area contributed by atoms with Crippen molar-refractivity contribution in [2.24, 2.45) is 0 Å². The van der Waals surface area contributed by atoms with Crippen LogP contribution in [0.2, 0.25) is 0 Å². The van der Waals surface area contributed by atoms with E-state index in [9.17, 15) is 5.26 Å². The summed E-state index contributed by atoms with van der Waals surface area (Å²) in [5.74, 6) is 0.418. The summed E-state index contributed by atoms with van der Waals surface area (Å²) in [6, 6.07) is 89.6. The highest BCUT2D eigenvalue weighted by molar-refractivity contribution is 6.17. The molecule has 0 radical (unpaired) electrons. The molecule has 0 aliphatic carbocycles. The first kappa shape index (κ1) is 58.3. The molecule has 0 spiro atoms. The molecule has 94 heavy (non-hydrogen) atoms. The number of aromatic nitrogens is 6. The minimum Gasteiger partial charge on any atom is -0.306 e. The standard InChI is InChI=1S/C87H75N7/c1-84(2,3)55-39-43-74-63(47-55)59-31-19-23-35-70(59)91(74)79-67(52-88)78(83-89-68(53-27-15-13-16-28-53)51-69(90-83)54-29-17-14-18-30-54)80(92-71-36-24-20-32-60(71)64-48-56(85(4,5)6)40-44-75(64)92)82(94-73-38-26-22-34-62(73)66-50-58(87(10,11)12)42-46-77(66)94)81(79)93-72-37-25-21-33-61(72)65-49-57(86(7,8)9)41-45-76(65)93/h13-51H,1-12H3. The Morgan fingerprint density at radius 1 is 0.277 bits per heavy atom. The van der Waals surface area contributed by atoms with Gasteiger partial charge in [-0.3, -0.25) is 0 Å². The van der Waals surface area contributed by atoms with E-state index >= 15 is 0 Å². The Labute approximate surface area is 549 Å². The lowest BCUT2D eigenvalue weighted by Crippen LogP contribution is -2.18. The Balaban J connectivity index is 1.27. The summed E-state index contributed by atoms with van der Waals surface area (Å²) in [4.78, 5) is 11.8. The van der Waals surface area contributed by atoms with E-state index in [1.54, 1.807) is 0 Å². The van der Waals surface area contributed by atoms with Crippen LogP contribution in [0.3, 0.4) is 0 Å². The summed E-state index contributed by atoms with van der Waals surface area (Å²) < 4.78 is 9.92. The molecule has 16 rings (SSSR count). The lowest BCUT2D eigenvalue weighted by atomic mass is 9.86. The first-order valence-electron chi connectivity index (χ1n) is 33.0. The highest BCUT2D eigenvalue weighted by Gasteiger charge is 2.37. The summed E-state index contributed by atoms with van der Waals surface area (Å²) >= 11 is 0. The molecular weight excluding hydrogens is 1140 g/mol. The fourth-order valence-electron chi connectivity index (χ4n) is 14.7. The van der Waals surface area contributed by atoms with Crippen molar-refractivity contribution in [3.8, 4) is 62.7 Å². The van der Waals surface area contributed by atoms with E-state index in [-0.39, 0.29) is 21.7 Å². The maximum absolute atomic E-state index is 13.4. The fraction of sp³-hybridized carbons (Fsp3) is 0.184. The highest BCUT2D eigenvalue weighted by Crippen LogP contribution is 2.53. The molecule has 0 saturated heterocycles. The predicted octanol–water partition coefficient (Wildman–Crippen LogP) is 22.9. The van der Waals surface area contributed by atoms with Crippen LogP contribution in [-0.2, 0) is 21.7 Å². The van der Waals surface area contributed by atoms with Crippen LogP contribution in [0.4, 0.5) is 0 Å². The van der Waals surface area contributed by atoms with E-state index in [0.717, 1.165) is 127 Å². The van der Waals surface area contributed by atoms with Crippen molar-refractivity contribution in [2.75, 3.05) is 0 Å². The molecule has 0 atom stereocenters. The zero-order valence-electron chi connectivity index (χ0n) is 55.6. The first-order valence-corrected chi connectivity index (χ1v) is 33.0. The van der Waals surface area contributed by atoms with Crippen LogP contribution in [0, 0.1) is 11.3 Å². The van der Waals surface area contributed by atoms with Crippen molar-refractivity contribution in [3.63, 3.8) is 0 Å². The number of hydrogen-bond donors (Lipinski definition) is 0. The number of nitriles is 1. The number of para-hydroxylation sites is 4. The quantitative estimate of drug-likeness (QED) is 0.160. The number of hydrogen-bond acceptors (Lipinski definition) is 3. The average molecular weight is 1220 g/mol. The lowest BCUT2D eigenvalue weighted by Gasteiger charge is -2.29. The van der Waals surface area contributed by atoms with Gasteiger partial charge in [0.15, 0.2) is 5.82 Å². The lowest BCUT2D eigenvalue weighted by molar-refractivity contribution is 0.591. The fourth-order valence-corrected chi connectivity index (χ4v) is 14.7. The Bertz CT molecular complexity index is 5770. The Hall–Kier alpha value is -10.8. The van der Waals surface area contributed by atoms with Crippen LogP contribution >= 0.6 is 0 Å². The van der Waals surface area contributed by atoms with Gasteiger partial charge >= 0.3 is 0 Å². The Morgan fingerprint density at radius 2 is 0.543 bits per heavy atom. The van der Waals surface area contributed by atoms with Crippen molar-refractivity contribution < 1.29 is 0 Å². The smallest absolute Gasteiger partial charge is 0.164 e.